The summed E-state index contributed by atoms with van der Waals surface area (Å²) in [5.41, 5.74) is 0.686. The Labute approximate surface area is 119 Å². The fraction of sp³-hybridized carbons (Fsp3) is 0.333. The number of rotatable bonds is 2. The number of hydrogen-bond donors (Lipinski definition) is 2. The molecule has 0 unspecified atom stereocenters. The Bertz CT molecular complexity index is 592. The lowest BCUT2D eigenvalue weighted by molar-refractivity contribution is -0.0864. The summed E-state index contributed by atoms with van der Waals surface area (Å²) in [4.78, 5) is 13.7. The van der Waals surface area contributed by atoms with Gasteiger partial charge in [0.2, 0.25) is 0 Å². The van der Waals surface area contributed by atoms with Crippen molar-refractivity contribution >= 4 is 17.4 Å². The van der Waals surface area contributed by atoms with Crippen molar-refractivity contribution < 1.29 is 19.5 Å². The van der Waals surface area contributed by atoms with Crippen LogP contribution in [0.15, 0.2) is 29.1 Å². The highest BCUT2D eigenvalue weighted by molar-refractivity contribution is 6.29. The van der Waals surface area contributed by atoms with Crippen molar-refractivity contribution in [1.29, 1.82) is 0 Å². The van der Waals surface area contributed by atoms with Crippen LogP contribution in [0.3, 0.4) is 0 Å². The van der Waals surface area contributed by atoms with Gasteiger partial charge in [-0.3, -0.25) is 4.84 Å². The van der Waals surface area contributed by atoms with Crippen LogP contribution >= 0.6 is 11.6 Å². The first-order chi connectivity index (χ1) is 9.63. The van der Waals surface area contributed by atoms with Gasteiger partial charge in [-0.25, -0.2) is 15.0 Å². The number of aliphatic hydroxyl groups is 2. The lowest BCUT2D eigenvalue weighted by atomic mass is 10.2. The number of aliphatic hydroxyl groups excluding tert-OH is 2. The molecule has 2 atom stereocenters. The molecule has 0 radical (unpaired) electrons. The largest absolute Gasteiger partial charge is 0.472 e. The molecule has 2 aromatic rings. The van der Waals surface area contributed by atoms with Crippen molar-refractivity contribution in [3.05, 3.63) is 29.8 Å². The number of hydroxylamine groups is 1. The van der Waals surface area contributed by atoms with E-state index in [-0.39, 0.29) is 18.3 Å². The van der Waals surface area contributed by atoms with Gasteiger partial charge in [-0.05, 0) is 6.07 Å². The third-order valence-electron chi connectivity index (χ3n) is 2.91. The highest BCUT2D eigenvalue weighted by atomic mass is 35.5. The van der Waals surface area contributed by atoms with Gasteiger partial charge in [-0.1, -0.05) is 11.6 Å². The Morgan fingerprint density at radius 1 is 1.30 bits per heavy atom. The van der Waals surface area contributed by atoms with Gasteiger partial charge in [-0.15, -0.1) is 0 Å². The average molecular weight is 298 g/mol. The summed E-state index contributed by atoms with van der Waals surface area (Å²) in [7, 11) is 0. The van der Waals surface area contributed by atoms with Crippen LogP contribution in [-0.2, 0) is 4.84 Å². The van der Waals surface area contributed by atoms with E-state index in [1.165, 1.54) is 23.7 Å². The van der Waals surface area contributed by atoms with Gasteiger partial charge in [0.15, 0.2) is 11.6 Å². The molecule has 1 saturated heterocycles. The summed E-state index contributed by atoms with van der Waals surface area (Å²) in [6.07, 6.45) is 1.20. The first-order valence-corrected chi connectivity index (χ1v) is 6.35. The van der Waals surface area contributed by atoms with Gasteiger partial charge in [0.1, 0.15) is 30.2 Å². The molecule has 1 aliphatic heterocycles. The Hall–Kier alpha value is -1.67. The molecule has 8 heteroatoms. The van der Waals surface area contributed by atoms with E-state index in [1.807, 2.05) is 0 Å². The second kappa shape index (κ2) is 5.37. The third-order valence-corrected chi connectivity index (χ3v) is 3.11. The minimum atomic E-state index is -0.908. The molecule has 0 aromatic carbocycles. The maximum absolute atomic E-state index is 9.67. The Balaban J connectivity index is 1.90. The fourth-order valence-corrected chi connectivity index (χ4v) is 2.01. The summed E-state index contributed by atoms with van der Waals surface area (Å²) >= 11 is 5.98. The van der Waals surface area contributed by atoms with Crippen LogP contribution in [0.25, 0.3) is 11.4 Å². The second-order valence-electron chi connectivity index (χ2n) is 4.38. The van der Waals surface area contributed by atoms with Gasteiger partial charge < -0.3 is 14.6 Å². The van der Waals surface area contributed by atoms with Crippen LogP contribution in [0.1, 0.15) is 0 Å². The monoisotopic (exact) mass is 297 g/mol. The highest BCUT2D eigenvalue weighted by Gasteiger charge is 2.28. The molecule has 0 aliphatic carbocycles. The van der Waals surface area contributed by atoms with E-state index in [2.05, 4.69) is 9.97 Å². The van der Waals surface area contributed by atoms with Crippen molar-refractivity contribution in [2.75, 3.05) is 18.2 Å². The number of aromatic nitrogens is 2. The lowest BCUT2D eigenvalue weighted by Gasteiger charge is -2.33. The summed E-state index contributed by atoms with van der Waals surface area (Å²) in [5.74, 6) is 0.803. The molecule has 7 nitrogen and oxygen atoms in total. The first-order valence-electron chi connectivity index (χ1n) is 5.97. The van der Waals surface area contributed by atoms with E-state index < -0.39 is 12.2 Å². The summed E-state index contributed by atoms with van der Waals surface area (Å²) in [5, 5.41) is 20.7. The molecule has 3 rings (SSSR count). The van der Waals surface area contributed by atoms with E-state index in [0.29, 0.717) is 17.2 Å². The number of nitrogens with zero attached hydrogens (tertiary/aromatic N) is 3. The maximum atomic E-state index is 9.67. The molecule has 0 amide bonds. The lowest BCUT2D eigenvalue weighted by Crippen LogP contribution is -2.48. The Kier molecular flexibility index (Phi) is 3.58. The van der Waals surface area contributed by atoms with Gasteiger partial charge >= 0.3 is 0 Å². The number of halogens is 1. The van der Waals surface area contributed by atoms with Crippen LogP contribution in [0.2, 0.25) is 5.15 Å². The molecular weight excluding hydrogens is 286 g/mol. The molecule has 0 bridgehead atoms. The predicted octanol–water partition coefficient (Wildman–Crippen LogP) is 0.863. The van der Waals surface area contributed by atoms with Crippen molar-refractivity contribution in [2.24, 2.45) is 0 Å². The molecule has 20 heavy (non-hydrogen) atoms. The molecule has 0 spiro atoms. The summed E-state index contributed by atoms with van der Waals surface area (Å²) in [6.45, 7) is 0.0865. The van der Waals surface area contributed by atoms with Crippen LogP contribution in [0.4, 0.5) is 5.82 Å². The minimum absolute atomic E-state index is 0.0101. The Morgan fingerprint density at radius 2 is 2.15 bits per heavy atom. The predicted molar refractivity (Wildman–Crippen MR) is 70.1 cm³/mol. The molecule has 1 fully saturated rings. The Morgan fingerprint density at radius 3 is 2.85 bits per heavy atom. The van der Waals surface area contributed by atoms with E-state index >= 15 is 0 Å². The highest BCUT2D eigenvalue weighted by Crippen LogP contribution is 2.24. The number of furan rings is 1. The zero-order chi connectivity index (χ0) is 14.1. The quantitative estimate of drug-likeness (QED) is 0.794. The fourth-order valence-electron chi connectivity index (χ4n) is 1.84. The summed E-state index contributed by atoms with van der Waals surface area (Å²) in [6, 6.07) is 3.24. The minimum Gasteiger partial charge on any atom is -0.472 e. The van der Waals surface area contributed by atoms with Gasteiger partial charge in [0.05, 0.1) is 18.4 Å². The van der Waals surface area contributed by atoms with Crippen molar-refractivity contribution in [3.8, 4) is 11.4 Å². The zero-order valence-electron chi connectivity index (χ0n) is 10.3. The zero-order valence-corrected chi connectivity index (χ0v) is 11.1. The first kappa shape index (κ1) is 13.3. The van der Waals surface area contributed by atoms with Crippen molar-refractivity contribution in [1.82, 2.24) is 9.97 Å². The number of hydrogen-bond acceptors (Lipinski definition) is 7. The van der Waals surface area contributed by atoms with Gasteiger partial charge in [0.25, 0.3) is 0 Å². The molecule has 3 heterocycles. The van der Waals surface area contributed by atoms with E-state index in [9.17, 15) is 10.2 Å². The van der Waals surface area contributed by atoms with Gasteiger partial charge in [0, 0.05) is 6.07 Å². The smallest absolute Gasteiger partial charge is 0.166 e. The second-order valence-corrected chi connectivity index (χ2v) is 4.76. The molecule has 0 saturated carbocycles. The van der Waals surface area contributed by atoms with Crippen LogP contribution in [0.5, 0.6) is 0 Å². The van der Waals surface area contributed by atoms with E-state index in [1.54, 1.807) is 6.07 Å². The number of anilines is 1. The SMILES string of the molecule is O[C@@H]1CON(c2cc(Cl)nc(-c3ccoc3)n2)C[C@@H]1O. The van der Waals surface area contributed by atoms with Crippen LogP contribution < -0.4 is 5.06 Å². The third kappa shape index (κ3) is 2.61. The summed E-state index contributed by atoms with van der Waals surface area (Å²) < 4.78 is 4.98. The van der Waals surface area contributed by atoms with Crippen LogP contribution in [-0.4, -0.2) is 45.5 Å². The van der Waals surface area contributed by atoms with E-state index in [4.69, 9.17) is 20.9 Å². The van der Waals surface area contributed by atoms with E-state index in [0.717, 1.165) is 0 Å². The van der Waals surface area contributed by atoms with Crippen LogP contribution in [0, 0.1) is 0 Å². The molecular formula is C12H12ClN3O4. The molecule has 1 aliphatic rings. The topological polar surface area (TPSA) is 91.9 Å². The normalized spacial score (nSPS) is 23.1. The molecule has 2 aromatic heterocycles. The maximum Gasteiger partial charge on any atom is 0.166 e. The van der Waals surface area contributed by atoms with Gasteiger partial charge in [-0.2, -0.15) is 0 Å². The molecule has 2 N–H and O–H groups in total. The number of β-amino-alcohol motifs (C(OH)–C–C–N with tert-alkyl or cyclic N) is 1. The molecule has 106 valence electrons. The standard InChI is InChI=1S/C12H12ClN3O4/c13-10-3-11(16-4-8(17)9(18)6-20-16)15-12(14-10)7-1-2-19-5-7/h1-3,5,8-9,17-18H,4,6H2/t8-,9+/m0/s1. The van der Waals surface area contributed by atoms with Crippen molar-refractivity contribution in [2.45, 2.75) is 12.2 Å². The average Bonchev–Trinajstić information content (AvgIpc) is 2.95. The van der Waals surface area contributed by atoms with Crippen molar-refractivity contribution in [3.63, 3.8) is 0 Å².